The minimum atomic E-state index is 0.330. The van der Waals surface area contributed by atoms with Crippen molar-refractivity contribution in [1.29, 1.82) is 0 Å². The highest BCUT2D eigenvalue weighted by atomic mass is 16.7. The lowest BCUT2D eigenvalue weighted by atomic mass is 9.93. The third kappa shape index (κ3) is 3.09. The standard InChI is InChI=1S/C19H23NO2/c1-14(17-9-10-18-19(11-17)22-13-21-18)15(2)20(3)12-16-7-5-4-6-8-16/h4-11,14-15H,12-13H2,1-3H3/t14-,15+/m0/s1. The van der Waals surface area contributed by atoms with Crippen LogP contribution in [-0.2, 0) is 6.54 Å². The predicted octanol–water partition coefficient (Wildman–Crippen LogP) is 4.04. The Morgan fingerprint density at radius 1 is 1.00 bits per heavy atom. The molecule has 0 aliphatic carbocycles. The third-order valence-electron chi connectivity index (χ3n) is 4.62. The molecule has 3 heteroatoms. The Morgan fingerprint density at radius 2 is 1.73 bits per heavy atom. The van der Waals surface area contributed by atoms with E-state index in [2.05, 4.69) is 68.3 Å². The third-order valence-corrected chi connectivity index (χ3v) is 4.62. The molecule has 0 saturated carbocycles. The van der Waals surface area contributed by atoms with Gasteiger partial charge in [0.1, 0.15) is 0 Å². The van der Waals surface area contributed by atoms with Crippen molar-refractivity contribution in [3.63, 3.8) is 0 Å². The molecule has 0 amide bonds. The Morgan fingerprint density at radius 3 is 2.50 bits per heavy atom. The van der Waals surface area contributed by atoms with Gasteiger partial charge in [-0.3, -0.25) is 4.90 Å². The van der Waals surface area contributed by atoms with E-state index < -0.39 is 0 Å². The van der Waals surface area contributed by atoms with E-state index in [9.17, 15) is 0 Å². The molecule has 0 saturated heterocycles. The van der Waals surface area contributed by atoms with Gasteiger partial charge in [-0.1, -0.05) is 43.3 Å². The summed E-state index contributed by atoms with van der Waals surface area (Å²) in [6, 6.07) is 17.3. The Kier molecular flexibility index (Phi) is 4.34. The SMILES string of the molecule is C[C@H](c1ccc2c(c1)OCO2)[C@@H](C)N(C)Cc1ccccc1. The molecule has 3 nitrogen and oxygen atoms in total. The summed E-state index contributed by atoms with van der Waals surface area (Å²) in [5.41, 5.74) is 2.63. The highest BCUT2D eigenvalue weighted by Crippen LogP contribution is 2.35. The van der Waals surface area contributed by atoms with Gasteiger partial charge in [0.05, 0.1) is 0 Å². The maximum absolute atomic E-state index is 5.49. The molecule has 1 heterocycles. The fourth-order valence-electron chi connectivity index (χ4n) is 2.87. The van der Waals surface area contributed by atoms with Gasteiger partial charge in [-0.25, -0.2) is 0 Å². The van der Waals surface area contributed by atoms with E-state index in [1.54, 1.807) is 0 Å². The van der Waals surface area contributed by atoms with E-state index in [4.69, 9.17) is 9.47 Å². The molecule has 0 bridgehead atoms. The van der Waals surface area contributed by atoms with Gasteiger partial charge in [-0.05, 0) is 43.1 Å². The fourth-order valence-corrected chi connectivity index (χ4v) is 2.87. The normalized spacial score (nSPS) is 15.8. The average Bonchev–Trinajstić information content (AvgIpc) is 3.02. The first-order valence-corrected chi connectivity index (χ1v) is 7.79. The summed E-state index contributed by atoms with van der Waals surface area (Å²) < 4.78 is 10.9. The molecule has 1 aliphatic heterocycles. The van der Waals surface area contributed by atoms with Crippen LogP contribution in [0.4, 0.5) is 0 Å². The number of nitrogens with zero attached hydrogens (tertiary/aromatic N) is 1. The van der Waals surface area contributed by atoms with Crippen LogP contribution in [-0.4, -0.2) is 24.8 Å². The van der Waals surface area contributed by atoms with Crippen molar-refractivity contribution in [1.82, 2.24) is 4.90 Å². The van der Waals surface area contributed by atoms with Crippen molar-refractivity contribution < 1.29 is 9.47 Å². The van der Waals surface area contributed by atoms with Crippen LogP contribution in [0.15, 0.2) is 48.5 Å². The zero-order chi connectivity index (χ0) is 15.5. The van der Waals surface area contributed by atoms with Gasteiger partial charge in [0.15, 0.2) is 11.5 Å². The van der Waals surface area contributed by atoms with E-state index in [1.165, 1.54) is 11.1 Å². The second-order valence-electron chi connectivity index (χ2n) is 6.04. The van der Waals surface area contributed by atoms with Crippen LogP contribution in [0.25, 0.3) is 0 Å². The second-order valence-corrected chi connectivity index (χ2v) is 6.04. The molecule has 3 rings (SSSR count). The van der Waals surface area contributed by atoms with Crippen LogP contribution in [0.1, 0.15) is 30.9 Å². The Hall–Kier alpha value is -2.00. The fraction of sp³-hybridized carbons (Fsp3) is 0.368. The summed E-state index contributed by atoms with van der Waals surface area (Å²) in [5, 5.41) is 0. The van der Waals surface area contributed by atoms with Gasteiger partial charge in [0.25, 0.3) is 0 Å². The molecule has 0 radical (unpaired) electrons. The monoisotopic (exact) mass is 297 g/mol. The summed E-state index contributed by atoms with van der Waals surface area (Å²) in [6.45, 7) is 5.83. The average molecular weight is 297 g/mol. The number of fused-ring (bicyclic) bond motifs is 1. The number of hydrogen-bond acceptors (Lipinski definition) is 3. The van der Waals surface area contributed by atoms with Gasteiger partial charge in [-0.2, -0.15) is 0 Å². The van der Waals surface area contributed by atoms with E-state index >= 15 is 0 Å². The number of hydrogen-bond donors (Lipinski definition) is 0. The number of rotatable bonds is 5. The van der Waals surface area contributed by atoms with Crippen LogP contribution >= 0.6 is 0 Å². The minimum Gasteiger partial charge on any atom is -0.454 e. The van der Waals surface area contributed by atoms with Crippen molar-refractivity contribution in [2.75, 3.05) is 13.8 Å². The van der Waals surface area contributed by atoms with Crippen molar-refractivity contribution in [2.45, 2.75) is 32.4 Å². The summed E-state index contributed by atoms with van der Waals surface area (Å²) in [6.07, 6.45) is 0. The van der Waals surface area contributed by atoms with Crippen LogP contribution in [0, 0.1) is 0 Å². The van der Waals surface area contributed by atoms with Gasteiger partial charge in [-0.15, -0.1) is 0 Å². The van der Waals surface area contributed by atoms with Crippen LogP contribution in [0.5, 0.6) is 11.5 Å². The lowest BCUT2D eigenvalue weighted by Crippen LogP contribution is -2.32. The molecule has 116 valence electrons. The smallest absolute Gasteiger partial charge is 0.231 e. The molecule has 2 aromatic rings. The molecule has 0 N–H and O–H groups in total. The van der Waals surface area contributed by atoms with Gasteiger partial charge < -0.3 is 9.47 Å². The molecule has 0 fully saturated rings. The summed E-state index contributed by atoms with van der Waals surface area (Å²) in [5.74, 6) is 2.13. The molecule has 0 aromatic heterocycles. The van der Waals surface area contributed by atoms with Gasteiger partial charge in [0.2, 0.25) is 6.79 Å². The Labute approximate surface area is 132 Å². The zero-order valence-electron chi connectivity index (χ0n) is 13.5. The molecule has 2 aromatic carbocycles. The Balaban J connectivity index is 1.69. The topological polar surface area (TPSA) is 21.7 Å². The number of benzene rings is 2. The highest BCUT2D eigenvalue weighted by Gasteiger charge is 2.21. The van der Waals surface area contributed by atoms with Crippen molar-refractivity contribution in [3.8, 4) is 11.5 Å². The molecule has 0 unspecified atom stereocenters. The van der Waals surface area contributed by atoms with Gasteiger partial charge in [0, 0.05) is 12.6 Å². The largest absolute Gasteiger partial charge is 0.454 e. The summed E-state index contributed by atoms with van der Waals surface area (Å²) in [4.78, 5) is 2.39. The highest BCUT2D eigenvalue weighted by molar-refractivity contribution is 5.45. The van der Waals surface area contributed by atoms with Crippen molar-refractivity contribution in [3.05, 3.63) is 59.7 Å². The number of likely N-dealkylation sites (N-methyl/N-ethyl adjacent to an activating group) is 1. The quantitative estimate of drug-likeness (QED) is 0.831. The summed E-state index contributed by atoms with van der Waals surface area (Å²) in [7, 11) is 2.18. The summed E-state index contributed by atoms with van der Waals surface area (Å²) >= 11 is 0. The van der Waals surface area contributed by atoms with E-state index in [0.717, 1.165) is 18.0 Å². The molecule has 1 aliphatic rings. The van der Waals surface area contributed by atoms with Crippen LogP contribution in [0.3, 0.4) is 0 Å². The maximum Gasteiger partial charge on any atom is 0.231 e. The first-order chi connectivity index (χ1) is 10.6. The minimum absolute atomic E-state index is 0.330. The molecule has 2 atom stereocenters. The first kappa shape index (κ1) is 14.9. The van der Waals surface area contributed by atoms with Crippen molar-refractivity contribution in [2.24, 2.45) is 0 Å². The van der Waals surface area contributed by atoms with Gasteiger partial charge >= 0.3 is 0 Å². The lowest BCUT2D eigenvalue weighted by Gasteiger charge is -2.30. The van der Waals surface area contributed by atoms with E-state index in [0.29, 0.717) is 18.8 Å². The number of ether oxygens (including phenoxy) is 2. The maximum atomic E-state index is 5.49. The van der Waals surface area contributed by atoms with E-state index in [1.807, 2.05) is 6.07 Å². The zero-order valence-corrected chi connectivity index (χ0v) is 13.5. The van der Waals surface area contributed by atoms with Crippen LogP contribution in [0.2, 0.25) is 0 Å². The Bertz CT molecular complexity index is 627. The molecule has 0 spiro atoms. The van der Waals surface area contributed by atoms with E-state index in [-0.39, 0.29) is 0 Å². The first-order valence-electron chi connectivity index (χ1n) is 7.79. The molecular formula is C19H23NO2. The van der Waals surface area contributed by atoms with Crippen molar-refractivity contribution >= 4 is 0 Å². The molecule has 22 heavy (non-hydrogen) atoms. The van der Waals surface area contributed by atoms with Crippen LogP contribution < -0.4 is 9.47 Å². The second kappa shape index (κ2) is 6.41. The lowest BCUT2D eigenvalue weighted by molar-refractivity contribution is 0.174. The predicted molar refractivity (Wildman–Crippen MR) is 88.4 cm³/mol. The molecular weight excluding hydrogens is 274 g/mol.